The van der Waals surface area contributed by atoms with Crippen LogP contribution >= 0.6 is 0 Å². The first-order chi connectivity index (χ1) is 18.1. The number of carbonyl (C=O) groups excluding carboxylic acids is 4. The Hall–Kier alpha value is -2.88. The van der Waals surface area contributed by atoms with Gasteiger partial charge in [-0.15, -0.1) is 0 Å². The number of hydrogen-bond acceptors (Lipinski definition) is 6. The lowest BCUT2D eigenvalue weighted by Crippen LogP contribution is -2.76. The van der Waals surface area contributed by atoms with Gasteiger partial charge in [0, 0.05) is 24.9 Å². The molecular weight excluding hydrogens is 519 g/mol. The Labute approximate surface area is 224 Å². The average Bonchev–Trinajstić information content (AvgIpc) is 3.63. The fourth-order valence-corrected chi connectivity index (χ4v) is 7.28. The fourth-order valence-electron chi connectivity index (χ4n) is 7.28. The molecule has 1 spiro atoms. The lowest BCUT2D eigenvalue weighted by atomic mass is 9.80. The summed E-state index contributed by atoms with van der Waals surface area (Å²) in [6, 6.07) is -1.30. The Morgan fingerprint density at radius 1 is 1.26 bits per heavy atom. The molecule has 7 unspecified atom stereocenters. The molecule has 3 heterocycles. The summed E-state index contributed by atoms with van der Waals surface area (Å²) < 4.78 is 45.3. The maximum Gasteiger partial charge on any atom is 0.471 e. The zero-order valence-corrected chi connectivity index (χ0v) is 22.4. The Morgan fingerprint density at radius 2 is 1.92 bits per heavy atom. The van der Waals surface area contributed by atoms with E-state index in [0.717, 1.165) is 6.42 Å². The van der Waals surface area contributed by atoms with Gasteiger partial charge in [-0.1, -0.05) is 13.8 Å². The molecule has 0 aromatic rings. The van der Waals surface area contributed by atoms with Crippen LogP contribution in [0.25, 0.3) is 0 Å². The third kappa shape index (κ3) is 4.08. The highest BCUT2D eigenvalue weighted by atomic mass is 19.4. The topological polar surface area (TPSA) is 132 Å². The quantitative estimate of drug-likeness (QED) is 0.435. The van der Waals surface area contributed by atoms with Crippen LogP contribution in [-0.4, -0.2) is 88.1 Å². The van der Waals surface area contributed by atoms with E-state index in [9.17, 15) is 37.6 Å². The summed E-state index contributed by atoms with van der Waals surface area (Å²) >= 11 is 0. The van der Waals surface area contributed by atoms with E-state index < -0.39 is 70.6 Å². The number of ether oxygens (including phenoxy) is 1. The Bertz CT molecular complexity index is 1150. The largest absolute Gasteiger partial charge is 0.471 e. The SMILES string of the molecule is CC(OC1(C)CC1)C(NC(=O)C(F)(F)F)C(=O)N1CC2C(C)(C)C23C1C(=O)N3C(C#N)CC1CCCNC1=O. The van der Waals surface area contributed by atoms with Gasteiger partial charge in [0.05, 0.1) is 23.3 Å². The van der Waals surface area contributed by atoms with Crippen LogP contribution in [0.4, 0.5) is 13.2 Å². The number of β-lactam (4-membered cyclic amide) rings is 1. The average molecular weight is 554 g/mol. The lowest BCUT2D eigenvalue weighted by molar-refractivity contribution is -0.179. The van der Waals surface area contributed by atoms with Gasteiger partial charge >= 0.3 is 12.1 Å². The number of alkyl halides is 3. The smallest absolute Gasteiger partial charge is 0.370 e. The molecule has 10 nitrogen and oxygen atoms in total. The van der Waals surface area contributed by atoms with Crippen LogP contribution in [0.15, 0.2) is 0 Å². The van der Waals surface area contributed by atoms with Crippen molar-refractivity contribution in [2.75, 3.05) is 13.1 Å². The van der Waals surface area contributed by atoms with Crippen LogP contribution < -0.4 is 10.6 Å². The zero-order valence-electron chi connectivity index (χ0n) is 22.4. The highest BCUT2D eigenvalue weighted by Gasteiger charge is 2.90. The molecule has 13 heteroatoms. The lowest BCUT2D eigenvalue weighted by Gasteiger charge is -2.54. The number of amides is 4. The van der Waals surface area contributed by atoms with Crippen molar-refractivity contribution < 1.29 is 37.1 Å². The molecule has 0 radical (unpaired) electrons. The molecule has 5 aliphatic rings. The molecule has 0 aromatic carbocycles. The van der Waals surface area contributed by atoms with Crippen LogP contribution in [0.1, 0.15) is 59.8 Å². The third-order valence-electron chi connectivity index (χ3n) is 9.68. The van der Waals surface area contributed by atoms with Crippen LogP contribution in [0.2, 0.25) is 0 Å². The van der Waals surface area contributed by atoms with Gasteiger partial charge in [-0.2, -0.15) is 18.4 Å². The van der Waals surface area contributed by atoms with Crippen LogP contribution in [-0.2, 0) is 23.9 Å². The highest BCUT2D eigenvalue weighted by molar-refractivity contribution is 6.01. The molecule has 2 N–H and O–H groups in total. The number of rotatable bonds is 8. The van der Waals surface area contributed by atoms with Crippen molar-refractivity contribution in [2.24, 2.45) is 17.3 Å². The first-order valence-corrected chi connectivity index (χ1v) is 13.5. The van der Waals surface area contributed by atoms with E-state index in [1.54, 1.807) is 6.92 Å². The summed E-state index contributed by atoms with van der Waals surface area (Å²) in [4.78, 5) is 54.3. The van der Waals surface area contributed by atoms with E-state index in [-0.39, 0.29) is 24.8 Å². The van der Waals surface area contributed by atoms with Gasteiger partial charge in [0.25, 0.3) is 0 Å². The van der Waals surface area contributed by atoms with Crippen molar-refractivity contribution in [2.45, 2.75) is 101 Å². The Morgan fingerprint density at radius 3 is 2.49 bits per heavy atom. The van der Waals surface area contributed by atoms with E-state index >= 15 is 0 Å². The molecule has 5 fully saturated rings. The van der Waals surface area contributed by atoms with Crippen LogP contribution in [0.3, 0.4) is 0 Å². The number of carbonyl (C=O) groups is 4. The summed E-state index contributed by atoms with van der Waals surface area (Å²) in [5, 5.41) is 14.6. The number of nitrogens with zero attached hydrogens (tertiary/aromatic N) is 3. The second-order valence-corrected chi connectivity index (χ2v) is 12.4. The number of nitriles is 1. The molecule has 0 aromatic heterocycles. The molecule has 2 saturated carbocycles. The molecule has 39 heavy (non-hydrogen) atoms. The van der Waals surface area contributed by atoms with Gasteiger partial charge < -0.3 is 25.2 Å². The summed E-state index contributed by atoms with van der Waals surface area (Å²) in [6.45, 7) is 7.77. The van der Waals surface area contributed by atoms with Crippen molar-refractivity contribution in [3.8, 4) is 6.07 Å². The fraction of sp³-hybridized carbons (Fsp3) is 0.808. The van der Waals surface area contributed by atoms with Crippen molar-refractivity contribution in [3.63, 3.8) is 0 Å². The third-order valence-corrected chi connectivity index (χ3v) is 9.68. The van der Waals surface area contributed by atoms with Crippen molar-refractivity contribution in [1.82, 2.24) is 20.4 Å². The highest BCUT2D eigenvalue weighted by Crippen LogP contribution is 2.76. The molecular formula is C26H34F3N5O5. The minimum Gasteiger partial charge on any atom is -0.370 e. The van der Waals surface area contributed by atoms with E-state index in [1.165, 1.54) is 16.7 Å². The van der Waals surface area contributed by atoms with E-state index in [0.29, 0.717) is 25.8 Å². The summed E-state index contributed by atoms with van der Waals surface area (Å²) in [5.74, 6) is -4.31. The number of piperidine rings is 2. The molecule has 0 bridgehead atoms. The van der Waals surface area contributed by atoms with Gasteiger partial charge in [0.1, 0.15) is 18.1 Å². The van der Waals surface area contributed by atoms with E-state index in [4.69, 9.17) is 4.74 Å². The molecule has 2 aliphatic carbocycles. The molecule has 214 valence electrons. The number of nitrogens with one attached hydrogen (secondary N) is 2. The zero-order chi connectivity index (χ0) is 28.7. The minimum atomic E-state index is -5.20. The van der Waals surface area contributed by atoms with Gasteiger partial charge in [-0.25, -0.2) is 0 Å². The summed E-state index contributed by atoms with van der Waals surface area (Å²) in [7, 11) is 0. The molecule has 4 amide bonds. The maximum atomic E-state index is 13.7. The summed E-state index contributed by atoms with van der Waals surface area (Å²) in [6.07, 6.45) is -3.35. The summed E-state index contributed by atoms with van der Waals surface area (Å²) in [5.41, 5.74) is -1.87. The van der Waals surface area contributed by atoms with E-state index in [2.05, 4.69) is 11.4 Å². The monoisotopic (exact) mass is 553 g/mol. The maximum absolute atomic E-state index is 13.7. The second-order valence-electron chi connectivity index (χ2n) is 12.4. The van der Waals surface area contributed by atoms with Gasteiger partial charge in [0.2, 0.25) is 17.7 Å². The molecule has 3 saturated heterocycles. The Kier molecular flexibility index (Phi) is 6.25. The van der Waals surface area contributed by atoms with E-state index in [1.807, 2.05) is 19.2 Å². The van der Waals surface area contributed by atoms with Crippen LogP contribution in [0.5, 0.6) is 0 Å². The van der Waals surface area contributed by atoms with Gasteiger partial charge in [0.15, 0.2) is 0 Å². The normalized spacial score (nSPS) is 33.9. The van der Waals surface area contributed by atoms with Crippen molar-refractivity contribution in [3.05, 3.63) is 0 Å². The van der Waals surface area contributed by atoms with Crippen molar-refractivity contribution >= 4 is 23.6 Å². The van der Waals surface area contributed by atoms with Gasteiger partial charge in [-0.05, 0) is 51.4 Å². The predicted octanol–water partition coefficient (Wildman–Crippen LogP) is 1.25. The predicted molar refractivity (Wildman–Crippen MR) is 128 cm³/mol. The first kappa shape index (κ1) is 27.7. The minimum absolute atomic E-state index is 0.100. The number of likely N-dealkylation sites (tertiary alicyclic amines) is 2. The molecule has 5 rings (SSSR count). The Balaban J connectivity index is 1.39. The van der Waals surface area contributed by atoms with Crippen molar-refractivity contribution in [1.29, 1.82) is 5.26 Å². The number of hydrogen-bond donors (Lipinski definition) is 2. The molecule has 3 aliphatic heterocycles. The number of halogens is 3. The standard InChI is InChI=1S/C26H34F3N5O5/c1-13(39-24(4)7-8-24)17(32-22(38)26(27,28)29)20(36)33-12-16-23(2,3)25(16)18(33)21(37)34(25)15(11-30)10-14-6-5-9-31-19(14)35/h13-18H,5-10,12H2,1-4H3,(H,31,35)(H,32,38). The second kappa shape index (κ2) is 8.81. The first-order valence-electron chi connectivity index (χ1n) is 13.5. The van der Waals surface area contributed by atoms with Crippen LogP contribution in [0, 0.1) is 28.6 Å². The molecule has 7 atom stereocenters. The van der Waals surface area contributed by atoms with Gasteiger partial charge in [-0.3, -0.25) is 19.2 Å².